The molecule has 0 unspecified atom stereocenters. The monoisotopic (exact) mass is 267 g/mol. The van der Waals surface area contributed by atoms with E-state index < -0.39 is 0 Å². The number of rotatable bonds is 5. The van der Waals surface area contributed by atoms with Crippen molar-refractivity contribution >= 4 is 0 Å². The lowest BCUT2D eigenvalue weighted by Crippen LogP contribution is -2.10. The molecule has 0 aromatic carbocycles. The average molecular weight is 267 g/mol. The number of imidazole rings is 1. The van der Waals surface area contributed by atoms with Gasteiger partial charge >= 0.3 is 0 Å². The summed E-state index contributed by atoms with van der Waals surface area (Å²) in [5.74, 6) is 0.964. The van der Waals surface area contributed by atoms with E-state index in [2.05, 4.69) is 26.6 Å². The highest BCUT2D eigenvalue weighted by molar-refractivity contribution is 5.53. The molecule has 5 nitrogen and oxygen atoms in total. The van der Waals surface area contributed by atoms with Crippen molar-refractivity contribution in [3.63, 3.8) is 0 Å². The van der Waals surface area contributed by atoms with E-state index in [1.54, 1.807) is 6.20 Å². The zero-order chi connectivity index (χ0) is 13.8. The van der Waals surface area contributed by atoms with E-state index in [0.717, 1.165) is 24.4 Å². The van der Waals surface area contributed by atoms with Gasteiger partial charge in [0, 0.05) is 55.3 Å². The van der Waals surface area contributed by atoms with Crippen LogP contribution in [0, 0.1) is 0 Å². The second-order valence-corrected chi connectivity index (χ2v) is 4.81. The Bertz CT molecular complexity index is 642. The first kappa shape index (κ1) is 12.6. The normalized spacial score (nSPS) is 12.4. The van der Waals surface area contributed by atoms with E-state index in [4.69, 9.17) is 0 Å². The van der Waals surface area contributed by atoms with Gasteiger partial charge in [-0.3, -0.25) is 9.67 Å². The molecule has 1 atom stereocenters. The minimum Gasteiger partial charge on any atom is -0.328 e. The van der Waals surface area contributed by atoms with Crippen molar-refractivity contribution < 1.29 is 0 Å². The zero-order valence-electron chi connectivity index (χ0n) is 11.4. The van der Waals surface area contributed by atoms with Crippen molar-refractivity contribution in [1.29, 1.82) is 0 Å². The molecular formula is C15H17N5. The molecule has 0 amide bonds. The molecule has 3 aromatic rings. The number of nitrogens with zero attached hydrogens (tertiary/aromatic N) is 5. The fourth-order valence-electron chi connectivity index (χ4n) is 2.28. The summed E-state index contributed by atoms with van der Waals surface area (Å²) in [5, 5.41) is 4.23. The Labute approximate surface area is 117 Å². The van der Waals surface area contributed by atoms with Crippen LogP contribution in [0.4, 0.5) is 0 Å². The molecule has 3 rings (SSSR count). The van der Waals surface area contributed by atoms with Gasteiger partial charge in [0.25, 0.3) is 0 Å². The minimum atomic E-state index is 0.358. The van der Waals surface area contributed by atoms with Crippen LogP contribution < -0.4 is 0 Å². The van der Waals surface area contributed by atoms with E-state index in [9.17, 15) is 0 Å². The Balaban J connectivity index is 1.75. The van der Waals surface area contributed by atoms with Crippen molar-refractivity contribution in [3.8, 4) is 11.4 Å². The molecule has 3 heterocycles. The third kappa shape index (κ3) is 2.61. The third-order valence-electron chi connectivity index (χ3n) is 3.40. The molecule has 0 saturated carbocycles. The Morgan fingerprint density at radius 2 is 2.10 bits per heavy atom. The summed E-state index contributed by atoms with van der Waals surface area (Å²) in [6.45, 7) is 3.10. The number of aryl methyl sites for hydroxylation is 1. The molecule has 0 radical (unpaired) electrons. The van der Waals surface area contributed by atoms with Gasteiger partial charge in [0.15, 0.2) is 0 Å². The number of hydrogen-bond acceptors (Lipinski definition) is 3. The molecule has 102 valence electrons. The highest BCUT2D eigenvalue weighted by Crippen LogP contribution is 2.22. The number of hydrogen-bond donors (Lipinski definition) is 0. The van der Waals surface area contributed by atoms with Gasteiger partial charge in [-0.1, -0.05) is 0 Å². The van der Waals surface area contributed by atoms with Gasteiger partial charge in [0.05, 0.1) is 0 Å². The predicted molar refractivity (Wildman–Crippen MR) is 77.0 cm³/mol. The highest BCUT2D eigenvalue weighted by atomic mass is 15.3. The number of pyridine rings is 1. The van der Waals surface area contributed by atoms with Gasteiger partial charge in [-0.2, -0.15) is 5.10 Å². The van der Waals surface area contributed by atoms with Crippen LogP contribution in [-0.4, -0.2) is 24.3 Å². The van der Waals surface area contributed by atoms with Crippen molar-refractivity contribution in [1.82, 2.24) is 24.3 Å². The molecule has 3 aromatic heterocycles. The van der Waals surface area contributed by atoms with E-state index >= 15 is 0 Å². The van der Waals surface area contributed by atoms with E-state index in [0.29, 0.717) is 6.04 Å². The fourth-order valence-corrected chi connectivity index (χ4v) is 2.28. The standard InChI is InChI=1S/C15H17N5/c1-13(5-10-19-9-3-7-18-19)20-11-8-17-15(20)14-4-2-6-16-12-14/h2-4,6-9,11-13H,5,10H2,1H3/t13-/m1/s1. The third-order valence-corrected chi connectivity index (χ3v) is 3.40. The van der Waals surface area contributed by atoms with Crippen LogP contribution in [0.1, 0.15) is 19.4 Å². The van der Waals surface area contributed by atoms with Crippen molar-refractivity contribution in [2.75, 3.05) is 0 Å². The molecule has 20 heavy (non-hydrogen) atoms. The molecule has 0 aliphatic rings. The molecule has 0 aliphatic carbocycles. The Morgan fingerprint density at radius 3 is 2.85 bits per heavy atom. The van der Waals surface area contributed by atoms with Gasteiger partial charge < -0.3 is 4.57 Å². The lowest BCUT2D eigenvalue weighted by molar-refractivity contribution is 0.449. The van der Waals surface area contributed by atoms with Crippen LogP contribution in [0.2, 0.25) is 0 Å². The van der Waals surface area contributed by atoms with Crippen molar-refractivity contribution in [2.45, 2.75) is 25.9 Å². The first-order valence-corrected chi connectivity index (χ1v) is 6.75. The zero-order valence-corrected chi connectivity index (χ0v) is 11.4. The van der Waals surface area contributed by atoms with Crippen LogP contribution in [0.15, 0.2) is 55.4 Å². The van der Waals surface area contributed by atoms with Crippen LogP contribution in [0.5, 0.6) is 0 Å². The first-order valence-electron chi connectivity index (χ1n) is 6.75. The lowest BCUT2D eigenvalue weighted by Gasteiger charge is -2.16. The van der Waals surface area contributed by atoms with Gasteiger partial charge in [0.1, 0.15) is 5.82 Å². The first-order chi connectivity index (χ1) is 9.84. The number of aromatic nitrogens is 5. The van der Waals surface area contributed by atoms with Gasteiger partial charge in [-0.25, -0.2) is 4.98 Å². The molecule has 0 saturated heterocycles. The summed E-state index contributed by atoms with van der Waals surface area (Å²) in [6.07, 6.45) is 12.3. The molecule has 0 N–H and O–H groups in total. The van der Waals surface area contributed by atoms with E-state index in [1.807, 2.05) is 53.9 Å². The average Bonchev–Trinajstić information content (AvgIpc) is 3.17. The minimum absolute atomic E-state index is 0.358. The van der Waals surface area contributed by atoms with Crippen LogP contribution in [0.25, 0.3) is 11.4 Å². The largest absolute Gasteiger partial charge is 0.328 e. The summed E-state index contributed by atoms with van der Waals surface area (Å²) < 4.78 is 4.15. The highest BCUT2D eigenvalue weighted by Gasteiger charge is 2.11. The Morgan fingerprint density at radius 1 is 1.15 bits per heavy atom. The van der Waals surface area contributed by atoms with Crippen LogP contribution >= 0.6 is 0 Å². The maximum absolute atomic E-state index is 4.45. The quantitative estimate of drug-likeness (QED) is 0.714. The molecule has 0 bridgehead atoms. The van der Waals surface area contributed by atoms with Gasteiger partial charge in [-0.05, 0) is 31.5 Å². The smallest absolute Gasteiger partial charge is 0.141 e. The summed E-state index contributed by atoms with van der Waals surface area (Å²) in [4.78, 5) is 8.61. The molecule has 5 heteroatoms. The molecular weight excluding hydrogens is 250 g/mol. The second kappa shape index (κ2) is 5.69. The lowest BCUT2D eigenvalue weighted by atomic mass is 10.2. The van der Waals surface area contributed by atoms with Gasteiger partial charge in [0.2, 0.25) is 0 Å². The second-order valence-electron chi connectivity index (χ2n) is 4.81. The molecule has 0 aliphatic heterocycles. The predicted octanol–water partition coefficient (Wildman–Crippen LogP) is 2.79. The Kier molecular flexibility index (Phi) is 3.58. The molecule has 0 spiro atoms. The topological polar surface area (TPSA) is 48.5 Å². The maximum Gasteiger partial charge on any atom is 0.141 e. The van der Waals surface area contributed by atoms with Crippen molar-refractivity contribution in [2.24, 2.45) is 0 Å². The van der Waals surface area contributed by atoms with E-state index in [-0.39, 0.29) is 0 Å². The van der Waals surface area contributed by atoms with Gasteiger partial charge in [-0.15, -0.1) is 0 Å². The van der Waals surface area contributed by atoms with E-state index in [1.165, 1.54) is 0 Å². The van der Waals surface area contributed by atoms with Crippen molar-refractivity contribution in [3.05, 3.63) is 55.4 Å². The summed E-state index contributed by atoms with van der Waals surface area (Å²) in [7, 11) is 0. The summed E-state index contributed by atoms with van der Waals surface area (Å²) in [6, 6.07) is 6.27. The van der Waals surface area contributed by atoms with Crippen LogP contribution in [-0.2, 0) is 6.54 Å². The Hall–Kier alpha value is -2.43. The molecule has 0 fully saturated rings. The SMILES string of the molecule is C[C@H](CCn1cccn1)n1ccnc1-c1cccnc1. The van der Waals surface area contributed by atoms with Crippen LogP contribution in [0.3, 0.4) is 0 Å². The fraction of sp³-hybridized carbons (Fsp3) is 0.267. The summed E-state index contributed by atoms with van der Waals surface area (Å²) >= 11 is 0. The maximum atomic E-state index is 4.45. The summed E-state index contributed by atoms with van der Waals surface area (Å²) in [5.41, 5.74) is 1.04.